The number of amides is 1. The number of esters is 1. The molecule has 1 aliphatic rings. The molecule has 0 saturated heterocycles. The average Bonchev–Trinajstić information content (AvgIpc) is 3.23. The van der Waals surface area contributed by atoms with E-state index in [1.165, 1.54) is 28.4 Å². The largest absolute Gasteiger partial charge is 0.478 e. The number of aryl methyl sites for hydroxylation is 1. The van der Waals surface area contributed by atoms with Crippen LogP contribution in [0.4, 0.5) is 5.00 Å². The lowest BCUT2D eigenvalue weighted by Gasteiger charge is -2.12. The number of rotatable bonds is 7. The molecule has 8 nitrogen and oxygen atoms in total. The van der Waals surface area contributed by atoms with E-state index in [2.05, 4.69) is 10.4 Å². The maximum absolute atomic E-state index is 12.5. The zero-order chi connectivity index (χ0) is 19.4. The zero-order valence-electron chi connectivity index (χ0n) is 15.0. The Balaban J connectivity index is 1.78. The molecular weight excluding hydrogens is 370 g/mol. The highest BCUT2D eigenvalue weighted by Crippen LogP contribution is 2.38. The Bertz CT molecular complexity index is 870. The van der Waals surface area contributed by atoms with Crippen molar-refractivity contribution in [3.8, 4) is 0 Å². The first-order chi connectivity index (χ1) is 13.0. The minimum Gasteiger partial charge on any atom is -0.478 e. The fourth-order valence-electron chi connectivity index (χ4n) is 3.01. The number of hydrogen-bond donors (Lipinski definition) is 2. The highest BCUT2D eigenvalue weighted by Gasteiger charge is 2.27. The van der Waals surface area contributed by atoms with Gasteiger partial charge < -0.3 is 15.2 Å². The molecule has 0 radical (unpaired) electrons. The number of nitrogens with one attached hydrogen (secondary N) is 1. The second kappa shape index (κ2) is 8.34. The Hall–Kier alpha value is -2.68. The van der Waals surface area contributed by atoms with Crippen LogP contribution in [0.5, 0.6) is 0 Å². The summed E-state index contributed by atoms with van der Waals surface area (Å²) in [5.41, 5.74) is 1.45. The predicted octanol–water partition coefficient (Wildman–Crippen LogP) is 2.73. The zero-order valence-corrected chi connectivity index (χ0v) is 15.8. The molecule has 2 heterocycles. The predicted molar refractivity (Wildman–Crippen MR) is 99.4 cm³/mol. The van der Waals surface area contributed by atoms with Gasteiger partial charge in [0.05, 0.1) is 23.9 Å². The molecule has 0 bridgehead atoms. The Morgan fingerprint density at radius 3 is 2.81 bits per heavy atom. The average molecular weight is 391 g/mol. The number of carboxylic acid groups (broad SMARTS) is 1. The molecule has 3 rings (SSSR count). The number of anilines is 1. The number of fused-ring (bicyclic) bond motifs is 1. The maximum atomic E-state index is 12.5. The molecule has 1 aliphatic carbocycles. The number of aromatic carboxylic acids is 1. The van der Waals surface area contributed by atoms with Crippen LogP contribution in [-0.2, 0) is 28.9 Å². The third kappa shape index (κ3) is 4.36. The number of ether oxygens (including phenoxy) is 1. The smallest absolute Gasteiger partial charge is 0.341 e. The van der Waals surface area contributed by atoms with E-state index in [0.717, 1.165) is 42.5 Å². The SMILES string of the molecule is CCCOC(=O)c1c(NC(=O)Cn2cc(C(=O)O)cn2)sc2c1CCCC2. The molecule has 27 heavy (non-hydrogen) atoms. The summed E-state index contributed by atoms with van der Waals surface area (Å²) in [4.78, 5) is 36.9. The Kier molecular flexibility index (Phi) is 5.90. The molecular formula is C18H21N3O5S. The number of thiophene rings is 1. The van der Waals surface area contributed by atoms with Crippen LogP contribution in [0.2, 0.25) is 0 Å². The van der Waals surface area contributed by atoms with Crippen LogP contribution in [0.1, 0.15) is 57.3 Å². The molecule has 0 aromatic carbocycles. The van der Waals surface area contributed by atoms with Gasteiger partial charge in [0.1, 0.15) is 11.5 Å². The fourth-order valence-corrected chi connectivity index (χ4v) is 4.30. The summed E-state index contributed by atoms with van der Waals surface area (Å²) in [5, 5.41) is 16.1. The van der Waals surface area contributed by atoms with Gasteiger partial charge in [-0.05, 0) is 37.7 Å². The summed E-state index contributed by atoms with van der Waals surface area (Å²) in [6, 6.07) is 0. The standard InChI is InChI=1S/C18H21N3O5S/c1-2-7-26-18(25)15-12-5-3-4-6-13(12)27-16(15)20-14(22)10-21-9-11(8-19-21)17(23)24/h8-9H,2-7,10H2,1H3,(H,20,22)(H,23,24). The Labute approximate surface area is 160 Å². The van der Waals surface area contributed by atoms with Crippen LogP contribution in [0, 0.1) is 0 Å². The second-order valence-electron chi connectivity index (χ2n) is 6.33. The van der Waals surface area contributed by atoms with E-state index in [0.29, 0.717) is 17.2 Å². The number of carboxylic acids is 1. The minimum absolute atomic E-state index is 0.0122. The van der Waals surface area contributed by atoms with Crippen molar-refractivity contribution in [1.82, 2.24) is 9.78 Å². The molecule has 0 aliphatic heterocycles. The minimum atomic E-state index is -1.10. The maximum Gasteiger partial charge on any atom is 0.341 e. The van der Waals surface area contributed by atoms with Crippen molar-refractivity contribution < 1.29 is 24.2 Å². The first-order valence-electron chi connectivity index (χ1n) is 8.86. The lowest BCUT2D eigenvalue weighted by Crippen LogP contribution is -2.20. The van der Waals surface area contributed by atoms with E-state index in [9.17, 15) is 14.4 Å². The van der Waals surface area contributed by atoms with Crippen molar-refractivity contribution in [3.63, 3.8) is 0 Å². The summed E-state index contributed by atoms with van der Waals surface area (Å²) < 4.78 is 6.56. The third-order valence-corrected chi connectivity index (χ3v) is 5.46. The summed E-state index contributed by atoms with van der Waals surface area (Å²) >= 11 is 1.42. The number of carbonyl (C=O) groups is 3. The van der Waals surface area contributed by atoms with Crippen LogP contribution in [-0.4, -0.2) is 39.3 Å². The molecule has 2 aromatic heterocycles. The van der Waals surface area contributed by atoms with E-state index in [4.69, 9.17) is 9.84 Å². The quantitative estimate of drug-likeness (QED) is 0.702. The van der Waals surface area contributed by atoms with E-state index >= 15 is 0 Å². The molecule has 2 N–H and O–H groups in total. The molecule has 0 spiro atoms. The van der Waals surface area contributed by atoms with Gasteiger partial charge in [-0.2, -0.15) is 5.10 Å². The van der Waals surface area contributed by atoms with Crippen molar-refractivity contribution in [1.29, 1.82) is 0 Å². The fraction of sp³-hybridized carbons (Fsp3) is 0.444. The van der Waals surface area contributed by atoms with Crippen LogP contribution >= 0.6 is 11.3 Å². The van der Waals surface area contributed by atoms with E-state index in [-0.39, 0.29) is 18.0 Å². The van der Waals surface area contributed by atoms with Gasteiger partial charge in [0.2, 0.25) is 5.91 Å². The number of nitrogens with zero attached hydrogens (tertiary/aromatic N) is 2. The van der Waals surface area contributed by atoms with Crippen molar-refractivity contribution in [2.75, 3.05) is 11.9 Å². The molecule has 0 saturated carbocycles. The first kappa shape index (κ1) is 19.1. The molecule has 0 atom stereocenters. The van der Waals surface area contributed by atoms with Crippen LogP contribution in [0.15, 0.2) is 12.4 Å². The molecule has 0 unspecified atom stereocenters. The molecule has 9 heteroatoms. The van der Waals surface area contributed by atoms with Gasteiger partial charge in [-0.15, -0.1) is 11.3 Å². The monoisotopic (exact) mass is 391 g/mol. The van der Waals surface area contributed by atoms with Gasteiger partial charge in [-0.1, -0.05) is 6.92 Å². The lowest BCUT2D eigenvalue weighted by molar-refractivity contribution is -0.116. The van der Waals surface area contributed by atoms with Gasteiger partial charge in [0.25, 0.3) is 0 Å². The van der Waals surface area contributed by atoms with E-state index in [1.807, 2.05) is 6.92 Å². The van der Waals surface area contributed by atoms with Crippen molar-refractivity contribution in [2.45, 2.75) is 45.6 Å². The summed E-state index contributed by atoms with van der Waals surface area (Å²) in [7, 11) is 0. The van der Waals surface area contributed by atoms with Crippen LogP contribution < -0.4 is 5.32 Å². The Morgan fingerprint density at radius 1 is 1.33 bits per heavy atom. The Morgan fingerprint density at radius 2 is 2.11 bits per heavy atom. The van der Waals surface area contributed by atoms with Crippen molar-refractivity contribution >= 4 is 34.2 Å². The summed E-state index contributed by atoms with van der Waals surface area (Å²) in [6.07, 6.45) is 6.98. The summed E-state index contributed by atoms with van der Waals surface area (Å²) in [6.45, 7) is 2.12. The molecule has 0 fully saturated rings. The van der Waals surface area contributed by atoms with Crippen molar-refractivity contribution in [2.24, 2.45) is 0 Å². The van der Waals surface area contributed by atoms with Gasteiger partial charge in [0.15, 0.2) is 0 Å². The lowest BCUT2D eigenvalue weighted by atomic mass is 9.95. The topological polar surface area (TPSA) is 111 Å². The van der Waals surface area contributed by atoms with Crippen LogP contribution in [0.3, 0.4) is 0 Å². The van der Waals surface area contributed by atoms with Gasteiger partial charge in [0, 0.05) is 11.1 Å². The molecule has 144 valence electrons. The van der Waals surface area contributed by atoms with Gasteiger partial charge in [-0.25, -0.2) is 9.59 Å². The van der Waals surface area contributed by atoms with Gasteiger partial charge >= 0.3 is 11.9 Å². The van der Waals surface area contributed by atoms with E-state index in [1.54, 1.807) is 0 Å². The van der Waals surface area contributed by atoms with E-state index < -0.39 is 11.9 Å². The van der Waals surface area contributed by atoms with Gasteiger partial charge in [-0.3, -0.25) is 9.48 Å². The second-order valence-corrected chi connectivity index (χ2v) is 7.44. The number of aromatic nitrogens is 2. The normalized spacial score (nSPS) is 13.1. The highest BCUT2D eigenvalue weighted by molar-refractivity contribution is 7.17. The third-order valence-electron chi connectivity index (χ3n) is 4.25. The van der Waals surface area contributed by atoms with Crippen LogP contribution in [0.25, 0.3) is 0 Å². The number of carbonyl (C=O) groups excluding carboxylic acids is 2. The number of hydrogen-bond acceptors (Lipinski definition) is 6. The van der Waals surface area contributed by atoms with Crippen molar-refractivity contribution in [3.05, 3.63) is 34.0 Å². The summed E-state index contributed by atoms with van der Waals surface area (Å²) in [5.74, 6) is -1.88. The first-order valence-corrected chi connectivity index (χ1v) is 9.68. The molecule has 1 amide bonds. The molecule has 2 aromatic rings. The highest BCUT2D eigenvalue weighted by atomic mass is 32.1.